The summed E-state index contributed by atoms with van der Waals surface area (Å²) in [4.78, 5) is 18.0. The van der Waals surface area contributed by atoms with Gasteiger partial charge >= 0.3 is 0 Å². The molecule has 2 aliphatic rings. The number of amides is 1. The SMILES string of the molecule is O=C1c2ccccc2CN1CC1CCN(CCSc2cccc(F)c2)CC1. The van der Waals surface area contributed by atoms with Gasteiger partial charge in [0.25, 0.3) is 5.91 Å². The highest BCUT2D eigenvalue weighted by Crippen LogP contribution is 2.26. The summed E-state index contributed by atoms with van der Waals surface area (Å²) in [5, 5.41) is 0. The Labute approximate surface area is 164 Å². The van der Waals surface area contributed by atoms with E-state index in [9.17, 15) is 9.18 Å². The van der Waals surface area contributed by atoms with Crippen LogP contribution in [-0.2, 0) is 6.54 Å². The normalized spacial score (nSPS) is 18.1. The molecule has 0 aliphatic carbocycles. The lowest BCUT2D eigenvalue weighted by atomic mass is 9.96. The molecule has 0 aromatic heterocycles. The number of rotatable bonds is 6. The molecule has 2 aromatic carbocycles. The number of piperidine rings is 1. The van der Waals surface area contributed by atoms with Crippen molar-refractivity contribution in [3.8, 4) is 0 Å². The Kier molecular flexibility index (Phi) is 5.79. The van der Waals surface area contributed by atoms with Crippen molar-refractivity contribution in [3.05, 3.63) is 65.5 Å². The van der Waals surface area contributed by atoms with Crippen LogP contribution in [0.5, 0.6) is 0 Å². The number of carbonyl (C=O) groups excluding carboxylic acids is 1. The zero-order valence-corrected chi connectivity index (χ0v) is 16.3. The summed E-state index contributed by atoms with van der Waals surface area (Å²) in [6.07, 6.45) is 2.29. The van der Waals surface area contributed by atoms with E-state index in [1.165, 1.54) is 6.07 Å². The van der Waals surface area contributed by atoms with Gasteiger partial charge in [0.2, 0.25) is 0 Å². The molecule has 2 heterocycles. The van der Waals surface area contributed by atoms with Gasteiger partial charge in [-0.15, -0.1) is 11.8 Å². The van der Waals surface area contributed by atoms with E-state index in [-0.39, 0.29) is 11.7 Å². The fraction of sp³-hybridized carbons (Fsp3) is 0.409. The van der Waals surface area contributed by atoms with E-state index in [0.717, 1.165) is 67.3 Å². The van der Waals surface area contributed by atoms with Crippen LogP contribution in [-0.4, -0.2) is 47.6 Å². The number of carbonyl (C=O) groups is 1. The van der Waals surface area contributed by atoms with Gasteiger partial charge in [0.05, 0.1) is 0 Å². The van der Waals surface area contributed by atoms with E-state index in [1.807, 2.05) is 29.2 Å². The van der Waals surface area contributed by atoms with Gasteiger partial charge in [0, 0.05) is 35.8 Å². The van der Waals surface area contributed by atoms with Crippen LogP contribution in [0.25, 0.3) is 0 Å². The molecular weight excluding hydrogens is 359 g/mol. The molecule has 5 heteroatoms. The number of halogens is 1. The fourth-order valence-corrected chi connectivity index (χ4v) is 4.97. The lowest BCUT2D eigenvalue weighted by Crippen LogP contribution is -2.39. The number of nitrogens with zero attached hydrogens (tertiary/aromatic N) is 2. The summed E-state index contributed by atoms with van der Waals surface area (Å²) in [6.45, 7) is 4.84. The summed E-state index contributed by atoms with van der Waals surface area (Å²) >= 11 is 1.71. The average Bonchev–Trinajstić information content (AvgIpc) is 2.99. The molecule has 1 amide bonds. The van der Waals surface area contributed by atoms with Gasteiger partial charge in [-0.1, -0.05) is 24.3 Å². The van der Waals surface area contributed by atoms with Crippen LogP contribution in [0.1, 0.15) is 28.8 Å². The average molecular weight is 385 g/mol. The Morgan fingerprint density at radius 1 is 1.07 bits per heavy atom. The van der Waals surface area contributed by atoms with Crippen molar-refractivity contribution in [3.63, 3.8) is 0 Å². The summed E-state index contributed by atoms with van der Waals surface area (Å²) in [7, 11) is 0. The van der Waals surface area contributed by atoms with Crippen LogP contribution in [0.2, 0.25) is 0 Å². The number of likely N-dealkylation sites (tertiary alicyclic amines) is 1. The van der Waals surface area contributed by atoms with Gasteiger partial charge in [0.15, 0.2) is 0 Å². The summed E-state index contributed by atoms with van der Waals surface area (Å²) in [6, 6.07) is 14.8. The molecule has 1 fully saturated rings. The Bertz CT molecular complexity index is 804. The van der Waals surface area contributed by atoms with Crippen LogP contribution in [0, 0.1) is 11.7 Å². The standard InChI is InChI=1S/C22H25FN2OS/c23-19-5-3-6-20(14-19)27-13-12-24-10-8-17(9-11-24)15-25-16-18-4-1-2-7-21(18)22(25)26/h1-7,14,17H,8-13,15-16H2. The molecular formula is C22H25FN2OS. The molecule has 2 aromatic rings. The Balaban J connectivity index is 1.19. The van der Waals surface area contributed by atoms with E-state index < -0.39 is 0 Å². The van der Waals surface area contributed by atoms with Crippen LogP contribution in [0.3, 0.4) is 0 Å². The first kappa shape index (κ1) is 18.5. The molecule has 0 spiro atoms. The maximum absolute atomic E-state index is 13.2. The first-order valence-corrected chi connectivity index (χ1v) is 10.7. The lowest BCUT2D eigenvalue weighted by Gasteiger charge is -2.33. The Morgan fingerprint density at radius 2 is 1.89 bits per heavy atom. The third-order valence-electron chi connectivity index (χ3n) is 5.55. The molecule has 0 saturated carbocycles. The Hall–Kier alpha value is -1.85. The van der Waals surface area contributed by atoms with Gasteiger partial charge in [-0.25, -0.2) is 4.39 Å². The van der Waals surface area contributed by atoms with Gasteiger partial charge in [-0.05, 0) is 61.7 Å². The van der Waals surface area contributed by atoms with Gasteiger partial charge in [-0.2, -0.15) is 0 Å². The number of hydrogen-bond acceptors (Lipinski definition) is 3. The molecule has 27 heavy (non-hydrogen) atoms. The van der Waals surface area contributed by atoms with Gasteiger partial charge in [0.1, 0.15) is 5.82 Å². The van der Waals surface area contributed by atoms with Crippen molar-refractivity contribution in [2.75, 3.05) is 31.9 Å². The highest BCUT2D eigenvalue weighted by molar-refractivity contribution is 7.99. The molecule has 0 unspecified atom stereocenters. The third-order valence-corrected chi connectivity index (χ3v) is 6.53. The van der Waals surface area contributed by atoms with Crippen molar-refractivity contribution < 1.29 is 9.18 Å². The second-order valence-corrected chi connectivity index (χ2v) is 8.60. The second-order valence-electron chi connectivity index (χ2n) is 7.43. The van der Waals surface area contributed by atoms with Gasteiger partial charge < -0.3 is 9.80 Å². The number of benzene rings is 2. The minimum atomic E-state index is -0.167. The number of hydrogen-bond donors (Lipinski definition) is 0. The van der Waals surface area contributed by atoms with Crippen molar-refractivity contribution in [2.45, 2.75) is 24.3 Å². The van der Waals surface area contributed by atoms with E-state index in [1.54, 1.807) is 23.9 Å². The second kappa shape index (κ2) is 8.44. The summed E-state index contributed by atoms with van der Waals surface area (Å²) in [5.41, 5.74) is 2.04. The van der Waals surface area contributed by atoms with Crippen LogP contribution in [0.4, 0.5) is 4.39 Å². The number of thioether (sulfide) groups is 1. The van der Waals surface area contributed by atoms with Crippen molar-refractivity contribution >= 4 is 17.7 Å². The van der Waals surface area contributed by atoms with Crippen LogP contribution >= 0.6 is 11.8 Å². The highest BCUT2D eigenvalue weighted by Gasteiger charge is 2.29. The predicted octanol–water partition coefficient (Wildman–Crippen LogP) is 4.29. The van der Waals surface area contributed by atoms with Crippen LogP contribution in [0.15, 0.2) is 53.4 Å². The molecule has 0 bridgehead atoms. The highest BCUT2D eigenvalue weighted by atomic mass is 32.2. The van der Waals surface area contributed by atoms with Crippen molar-refractivity contribution in [1.29, 1.82) is 0 Å². The van der Waals surface area contributed by atoms with Crippen molar-refractivity contribution in [1.82, 2.24) is 9.80 Å². The molecule has 0 radical (unpaired) electrons. The smallest absolute Gasteiger partial charge is 0.254 e. The minimum absolute atomic E-state index is 0.167. The summed E-state index contributed by atoms with van der Waals surface area (Å²) in [5.74, 6) is 1.60. The van der Waals surface area contributed by atoms with E-state index in [4.69, 9.17) is 0 Å². The van der Waals surface area contributed by atoms with Gasteiger partial charge in [-0.3, -0.25) is 4.79 Å². The topological polar surface area (TPSA) is 23.6 Å². The zero-order valence-electron chi connectivity index (χ0n) is 15.4. The van der Waals surface area contributed by atoms with Crippen molar-refractivity contribution in [2.24, 2.45) is 5.92 Å². The zero-order chi connectivity index (χ0) is 18.6. The molecule has 142 valence electrons. The maximum Gasteiger partial charge on any atom is 0.254 e. The first-order valence-electron chi connectivity index (χ1n) is 9.67. The van der Waals surface area contributed by atoms with E-state index >= 15 is 0 Å². The fourth-order valence-electron chi connectivity index (χ4n) is 4.02. The van der Waals surface area contributed by atoms with E-state index in [0.29, 0.717) is 5.92 Å². The first-order chi connectivity index (χ1) is 13.2. The molecule has 0 N–H and O–H groups in total. The maximum atomic E-state index is 13.2. The molecule has 2 aliphatic heterocycles. The molecule has 1 saturated heterocycles. The van der Waals surface area contributed by atoms with Crippen LogP contribution < -0.4 is 0 Å². The largest absolute Gasteiger partial charge is 0.334 e. The predicted molar refractivity (Wildman–Crippen MR) is 107 cm³/mol. The summed E-state index contributed by atoms with van der Waals surface area (Å²) < 4.78 is 13.2. The minimum Gasteiger partial charge on any atom is -0.334 e. The molecule has 4 rings (SSSR count). The molecule has 0 atom stereocenters. The monoisotopic (exact) mass is 384 g/mol. The number of fused-ring (bicyclic) bond motifs is 1. The quantitative estimate of drug-likeness (QED) is 0.695. The molecule has 3 nitrogen and oxygen atoms in total. The van der Waals surface area contributed by atoms with E-state index in [2.05, 4.69) is 11.0 Å². The third kappa shape index (κ3) is 4.53. The Morgan fingerprint density at radius 3 is 2.67 bits per heavy atom. The lowest BCUT2D eigenvalue weighted by molar-refractivity contribution is 0.0716.